The molecule has 0 unspecified atom stereocenters. The lowest BCUT2D eigenvalue weighted by Crippen LogP contribution is -2.29. The maximum atomic E-state index is 11.9. The van der Waals surface area contributed by atoms with Crippen molar-refractivity contribution in [2.75, 3.05) is 11.9 Å². The van der Waals surface area contributed by atoms with Gasteiger partial charge in [0.15, 0.2) is 5.65 Å². The van der Waals surface area contributed by atoms with Crippen LogP contribution in [-0.2, 0) is 11.3 Å². The molecule has 0 saturated heterocycles. The van der Waals surface area contributed by atoms with Crippen molar-refractivity contribution in [1.29, 1.82) is 0 Å². The van der Waals surface area contributed by atoms with E-state index in [0.717, 1.165) is 11.1 Å². The number of amides is 1. The van der Waals surface area contributed by atoms with Crippen molar-refractivity contribution in [3.05, 3.63) is 51.1 Å². The Labute approximate surface area is 152 Å². The smallest absolute Gasteiger partial charge is 0.239 e. The van der Waals surface area contributed by atoms with E-state index in [4.69, 9.17) is 34.8 Å². The lowest BCUT2D eigenvalue weighted by Gasteiger charge is -2.07. The highest BCUT2D eigenvalue weighted by Crippen LogP contribution is 2.19. The van der Waals surface area contributed by atoms with Gasteiger partial charge < -0.3 is 15.6 Å². The summed E-state index contributed by atoms with van der Waals surface area (Å²) in [5.74, 6) is 0.248. The number of nitrogens with zero attached hydrogens (tertiary/aromatic N) is 2. The number of fused-ring (bicyclic) bond motifs is 1. The van der Waals surface area contributed by atoms with Gasteiger partial charge in [-0.1, -0.05) is 34.8 Å². The molecule has 24 heavy (non-hydrogen) atoms. The molecule has 0 fully saturated rings. The standard InChI is InChI=1S/C15H12Cl3N5O/c16-9-3-8(4-10(17)5-9)6-19-13(24)7-20-15-21-11-1-2-12(18)22-14(11)23-15/h1-5H,6-7H2,(H,19,24)(H2,20,21,22,23). The molecule has 0 spiro atoms. The van der Waals surface area contributed by atoms with Crippen molar-refractivity contribution >= 4 is 57.8 Å². The molecule has 0 radical (unpaired) electrons. The van der Waals surface area contributed by atoms with E-state index in [2.05, 4.69) is 25.6 Å². The van der Waals surface area contributed by atoms with Crippen molar-refractivity contribution < 1.29 is 4.79 Å². The fourth-order valence-electron chi connectivity index (χ4n) is 2.09. The molecule has 124 valence electrons. The number of carbonyl (C=O) groups excluding carboxylic acids is 1. The summed E-state index contributed by atoms with van der Waals surface area (Å²) in [6, 6.07) is 8.56. The topological polar surface area (TPSA) is 82.7 Å². The molecular weight excluding hydrogens is 373 g/mol. The zero-order chi connectivity index (χ0) is 17.1. The summed E-state index contributed by atoms with van der Waals surface area (Å²) in [5.41, 5.74) is 2.04. The Morgan fingerprint density at radius 2 is 1.83 bits per heavy atom. The number of nitrogens with one attached hydrogen (secondary N) is 3. The number of aromatic nitrogens is 3. The summed E-state index contributed by atoms with van der Waals surface area (Å²) in [5, 5.41) is 7.08. The largest absolute Gasteiger partial charge is 0.350 e. The molecule has 2 heterocycles. The summed E-state index contributed by atoms with van der Waals surface area (Å²) in [6.45, 7) is 0.389. The number of benzene rings is 1. The predicted octanol–water partition coefficient (Wildman–Crippen LogP) is 3.65. The van der Waals surface area contributed by atoms with E-state index in [0.29, 0.717) is 33.3 Å². The summed E-state index contributed by atoms with van der Waals surface area (Å²) in [4.78, 5) is 23.2. The third-order valence-electron chi connectivity index (χ3n) is 3.14. The van der Waals surface area contributed by atoms with Crippen LogP contribution in [0.2, 0.25) is 15.2 Å². The average Bonchev–Trinajstić information content (AvgIpc) is 2.92. The fraction of sp³-hybridized carbons (Fsp3) is 0.133. The lowest BCUT2D eigenvalue weighted by molar-refractivity contribution is -0.119. The molecular formula is C15H12Cl3N5O. The van der Waals surface area contributed by atoms with Gasteiger partial charge in [-0.05, 0) is 35.9 Å². The molecule has 3 aromatic rings. The van der Waals surface area contributed by atoms with E-state index in [1.807, 2.05) is 0 Å². The Hall–Kier alpha value is -2.02. The van der Waals surface area contributed by atoms with Gasteiger partial charge in [-0.3, -0.25) is 4.79 Å². The number of imidazole rings is 1. The van der Waals surface area contributed by atoms with Crippen LogP contribution in [0.15, 0.2) is 30.3 Å². The van der Waals surface area contributed by atoms with Crippen LogP contribution in [0.5, 0.6) is 0 Å². The van der Waals surface area contributed by atoms with Gasteiger partial charge in [-0.15, -0.1) is 0 Å². The third kappa shape index (κ3) is 4.29. The Morgan fingerprint density at radius 1 is 1.08 bits per heavy atom. The molecule has 0 aliphatic heterocycles. The minimum atomic E-state index is -0.197. The first-order valence-electron chi connectivity index (χ1n) is 6.97. The van der Waals surface area contributed by atoms with Crippen LogP contribution in [-0.4, -0.2) is 27.4 Å². The van der Waals surface area contributed by atoms with E-state index >= 15 is 0 Å². The zero-order valence-corrected chi connectivity index (χ0v) is 14.5. The van der Waals surface area contributed by atoms with Crippen molar-refractivity contribution in [2.45, 2.75) is 6.54 Å². The first-order valence-corrected chi connectivity index (χ1v) is 8.11. The number of H-pyrrole nitrogens is 1. The third-order valence-corrected chi connectivity index (χ3v) is 3.79. The van der Waals surface area contributed by atoms with Crippen molar-refractivity contribution in [3.63, 3.8) is 0 Å². The fourth-order valence-corrected chi connectivity index (χ4v) is 2.81. The molecule has 0 aliphatic carbocycles. The number of anilines is 1. The molecule has 6 nitrogen and oxygen atoms in total. The van der Waals surface area contributed by atoms with E-state index in [9.17, 15) is 4.79 Å². The Morgan fingerprint density at radius 3 is 2.58 bits per heavy atom. The predicted molar refractivity (Wildman–Crippen MR) is 95.7 cm³/mol. The van der Waals surface area contributed by atoms with Gasteiger partial charge in [0.2, 0.25) is 11.9 Å². The van der Waals surface area contributed by atoms with E-state index in [-0.39, 0.29) is 12.5 Å². The van der Waals surface area contributed by atoms with Gasteiger partial charge in [0.1, 0.15) is 5.15 Å². The highest BCUT2D eigenvalue weighted by Gasteiger charge is 2.07. The Bertz CT molecular complexity index is 876. The number of halogens is 3. The maximum Gasteiger partial charge on any atom is 0.239 e. The monoisotopic (exact) mass is 383 g/mol. The van der Waals surface area contributed by atoms with Crippen molar-refractivity contribution in [1.82, 2.24) is 20.3 Å². The second-order valence-electron chi connectivity index (χ2n) is 5.00. The quantitative estimate of drug-likeness (QED) is 0.586. The number of hydrogen-bond donors (Lipinski definition) is 3. The highest BCUT2D eigenvalue weighted by molar-refractivity contribution is 6.34. The minimum absolute atomic E-state index is 0.0574. The van der Waals surface area contributed by atoms with Gasteiger partial charge in [0, 0.05) is 16.6 Å². The molecule has 0 bridgehead atoms. The average molecular weight is 385 g/mol. The van der Waals surface area contributed by atoms with Crippen LogP contribution in [0, 0.1) is 0 Å². The molecule has 3 rings (SSSR count). The summed E-state index contributed by atoms with van der Waals surface area (Å²) in [6.07, 6.45) is 0. The van der Waals surface area contributed by atoms with Crippen LogP contribution in [0.25, 0.3) is 11.2 Å². The number of carbonyl (C=O) groups is 1. The van der Waals surface area contributed by atoms with Crippen LogP contribution >= 0.6 is 34.8 Å². The first kappa shape index (κ1) is 16.8. The van der Waals surface area contributed by atoms with Crippen molar-refractivity contribution in [3.8, 4) is 0 Å². The van der Waals surface area contributed by atoms with Crippen molar-refractivity contribution in [2.24, 2.45) is 0 Å². The molecule has 9 heteroatoms. The Balaban J connectivity index is 1.54. The number of pyridine rings is 1. The molecule has 2 aromatic heterocycles. The molecule has 0 atom stereocenters. The van der Waals surface area contributed by atoms with Gasteiger partial charge in [-0.2, -0.15) is 4.98 Å². The van der Waals surface area contributed by atoms with Gasteiger partial charge in [-0.25, -0.2) is 4.98 Å². The van der Waals surface area contributed by atoms with Gasteiger partial charge >= 0.3 is 0 Å². The first-order chi connectivity index (χ1) is 11.5. The highest BCUT2D eigenvalue weighted by atomic mass is 35.5. The number of aromatic amines is 1. The molecule has 1 aromatic carbocycles. The van der Waals surface area contributed by atoms with E-state index in [1.165, 1.54) is 0 Å². The second kappa shape index (κ2) is 7.25. The molecule has 0 aliphatic rings. The number of rotatable bonds is 5. The number of hydrogen-bond acceptors (Lipinski definition) is 4. The van der Waals surface area contributed by atoms with Crippen LogP contribution < -0.4 is 10.6 Å². The van der Waals surface area contributed by atoms with Gasteiger partial charge in [0.25, 0.3) is 0 Å². The van der Waals surface area contributed by atoms with E-state index < -0.39 is 0 Å². The van der Waals surface area contributed by atoms with E-state index in [1.54, 1.807) is 30.3 Å². The van der Waals surface area contributed by atoms with Crippen LogP contribution in [0.4, 0.5) is 5.95 Å². The zero-order valence-electron chi connectivity index (χ0n) is 12.2. The summed E-state index contributed by atoms with van der Waals surface area (Å²) in [7, 11) is 0. The Kier molecular flexibility index (Phi) is 5.08. The molecule has 1 amide bonds. The maximum absolute atomic E-state index is 11.9. The molecule has 0 saturated carbocycles. The SMILES string of the molecule is O=C(CNc1nc2nc(Cl)ccc2[nH]1)NCc1cc(Cl)cc(Cl)c1. The second-order valence-corrected chi connectivity index (χ2v) is 6.26. The normalized spacial score (nSPS) is 10.8. The van der Waals surface area contributed by atoms with Crippen LogP contribution in [0.1, 0.15) is 5.56 Å². The summed E-state index contributed by atoms with van der Waals surface area (Å²) >= 11 is 17.6. The molecule has 3 N–H and O–H groups in total. The van der Waals surface area contributed by atoms with Crippen LogP contribution in [0.3, 0.4) is 0 Å². The summed E-state index contributed by atoms with van der Waals surface area (Å²) < 4.78 is 0. The minimum Gasteiger partial charge on any atom is -0.350 e. The van der Waals surface area contributed by atoms with Gasteiger partial charge in [0.05, 0.1) is 12.1 Å². The lowest BCUT2D eigenvalue weighted by atomic mass is 10.2.